The highest BCUT2D eigenvalue weighted by molar-refractivity contribution is 8.77. The monoisotopic (exact) mass is 924 g/mol. The van der Waals surface area contributed by atoms with E-state index in [1.807, 2.05) is 54.6 Å². The Kier molecular flexibility index (Phi) is 18.9. The molecule has 1 aliphatic heterocycles. The van der Waals surface area contributed by atoms with Crippen molar-refractivity contribution in [1.82, 2.24) is 36.9 Å². The van der Waals surface area contributed by atoms with E-state index in [0.717, 1.165) is 41.3 Å². The van der Waals surface area contributed by atoms with E-state index in [4.69, 9.17) is 5.73 Å². The lowest BCUT2D eigenvalue weighted by Crippen LogP contribution is -2.63. The van der Waals surface area contributed by atoms with Crippen molar-refractivity contribution in [3.05, 3.63) is 71.9 Å². The number of fused-ring (bicyclic) bond motifs is 1. The Bertz CT molecular complexity index is 2040. The van der Waals surface area contributed by atoms with Crippen LogP contribution in [0.25, 0.3) is 10.9 Å². The molecule has 2 aliphatic rings. The molecular formula is C45H64N8O9S2. The van der Waals surface area contributed by atoms with Gasteiger partial charge in [-0.05, 0) is 69.7 Å². The molecule has 3 aromatic rings. The van der Waals surface area contributed by atoms with Gasteiger partial charge >= 0.3 is 0 Å². The average molecular weight is 925 g/mol. The number of unbranched alkanes of at least 4 members (excludes halogenated alkanes) is 1. The maximum Gasteiger partial charge on any atom is 0.245 e. The molecule has 1 saturated heterocycles. The Labute approximate surface area is 381 Å². The van der Waals surface area contributed by atoms with Crippen molar-refractivity contribution < 1.29 is 44.1 Å². The van der Waals surface area contributed by atoms with E-state index in [9.17, 15) is 44.1 Å². The average Bonchev–Trinajstić information content (AvgIpc) is 3.69. The highest BCUT2D eigenvalue weighted by atomic mass is 33.1. The number of benzene rings is 2. The Balaban J connectivity index is 1.55. The number of aromatic amines is 1. The first-order chi connectivity index (χ1) is 30.7. The van der Waals surface area contributed by atoms with E-state index in [2.05, 4.69) is 36.9 Å². The largest absolute Gasteiger partial charge is 0.394 e. The number of aliphatic hydroxyl groups is 3. The van der Waals surface area contributed by atoms with Crippen LogP contribution in [-0.4, -0.2) is 128 Å². The summed E-state index contributed by atoms with van der Waals surface area (Å²) in [5.74, 6) is -4.15. The molecule has 17 nitrogen and oxygen atoms in total. The molecule has 1 aromatic heterocycles. The number of H-pyrrole nitrogens is 1. The number of carbonyl (C=O) groups is 6. The lowest BCUT2D eigenvalue weighted by atomic mass is 9.85. The molecule has 1 aliphatic carbocycles. The van der Waals surface area contributed by atoms with Gasteiger partial charge in [0.2, 0.25) is 35.4 Å². The summed E-state index contributed by atoms with van der Waals surface area (Å²) in [5, 5.41) is 48.2. The van der Waals surface area contributed by atoms with E-state index >= 15 is 0 Å². The minimum absolute atomic E-state index is 0.00939. The number of aliphatic hydroxyl groups excluding tert-OH is 3. The molecule has 0 radical (unpaired) electrons. The Morgan fingerprint density at radius 2 is 1.47 bits per heavy atom. The van der Waals surface area contributed by atoms with Crippen LogP contribution in [0.1, 0.15) is 82.8 Å². The zero-order valence-electron chi connectivity index (χ0n) is 36.5. The Morgan fingerprint density at radius 1 is 0.828 bits per heavy atom. The van der Waals surface area contributed by atoms with E-state index in [0.29, 0.717) is 32.2 Å². The third kappa shape index (κ3) is 14.2. The third-order valence-electron chi connectivity index (χ3n) is 11.8. The molecule has 2 aromatic carbocycles. The second kappa shape index (κ2) is 24.0. The minimum Gasteiger partial charge on any atom is -0.394 e. The quantitative estimate of drug-likeness (QED) is 0.0854. The lowest BCUT2D eigenvalue weighted by Gasteiger charge is -2.36. The van der Waals surface area contributed by atoms with Gasteiger partial charge in [-0.15, -0.1) is 0 Å². The van der Waals surface area contributed by atoms with Gasteiger partial charge in [0.1, 0.15) is 30.2 Å². The van der Waals surface area contributed by atoms with Gasteiger partial charge in [0, 0.05) is 46.9 Å². The van der Waals surface area contributed by atoms with Crippen LogP contribution in [0.3, 0.4) is 0 Å². The maximum absolute atomic E-state index is 14.6. The van der Waals surface area contributed by atoms with Crippen LogP contribution in [0.15, 0.2) is 60.8 Å². The van der Waals surface area contributed by atoms with E-state index < -0.39 is 89.3 Å². The third-order valence-corrected chi connectivity index (χ3v) is 15.1. The molecule has 19 heteroatoms. The number of para-hydroxylation sites is 1. The zero-order valence-corrected chi connectivity index (χ0v) is 38.2. The standard InChI is InChI=1S/C45H64N8O9S2/c1-28(56)38-43(62)51-36(42(61)53-44(2,26-54)27-55)25-63-64-45(18-10-4-11-19-45)23-37(57)48-34(21-29-13-5-3-6-14-29)40(59)50-35(22-30-24-47-32-16-8-7-15-31(30)32)41(60)49-33(39(58)52-38)17-9-12-20-46/h3,5-8,13-16,24,28,33-36,38,47,54-56H,4,9-12,17-23,25-27,46H2,1-2H3,(H,48,57)(H,49,60)(H,50,59)(H,51,62)(H,52,58)(H,53,61)/t28-,33?,34+,35?,36+,38+/m1/s1. The summed E-state index contributed by atoms with van der Waals surface area (Å²) in [6.07, 6.45) is 5.44. The number of rotatable bonds is 13. The first-order valence-electron chi connectivity index (χ1n) is 22.0. The van der Waals surface area contributed by atoms with Gasteiger partial charge in [0.15, 0.2) is 0 Å². The molecule has 0 bridgehead atoms. The highest BCUT2D eigenvalue weighted by Crippen LogP contribution is 2.48. The van der Waals surface area contributed by atoms with E-state index in [1.165, 1.54) is 35.4 Å². The first kappa shape index (κ1) is 50.3. The Morgan fingerprint density at radius 3 is 2.14 bits per heavy atom. The highest BCUT2D eigenvalue weighted by Gasteiger charge is 2.40. The lowest BCUT2D eigenvalue weighted by molar-refractivity contribution is -0.136. The molecule has 2 fully saturated rings. The number of nitrogens with one attached hydrogen (secondary N) is 7. The number of aromatic nitrogens is 1. The summed E-state index contributed by atoms with van der Waals surface area (Å²) in [6.45, 7) is 1.83. The van der Waals surface area contributed by atoms with Gasteiger partial charge in [0.05, 0.1) is 24.9 Å². The fourth-order valence-electron chi connectivity index (χ4n) is 7.96. The van der Waals surface area contributed by atoms with Gasteiger partial charge in [-0.1, -0.05) is 89.4 Å². The van der Waals surface area contributed by atoms with Crippen LogP contribution in [0.2, 0.25) is 0 Å². The summed E-state index contributed by atoms with van der Waals surface area (Å²) in [5.41, 5.74) is 6.66. The van der Waals surface area contributed by atoms with E-state index in [1.54, 1.807) is 6.20 Å². The minimum atomic E-state index is -1.59. The second-order valence-corrected chi connectivity index (χ2v) is 20.0. The van der Waals surface area contributed by atoms with Crippen molar-refractivity contribution in [3.63, 3.8) is 0 Å². The predicted octanol–water partition coefficient (Wildman–Crippen LogP) is 1.23. The normalized spacial score (nSPS) is 23.8. The summed E-state index contributed by atoms with van der Waals surface area (Å²) < 4.78 is -0.607. The molecule has 64 heavy (non-hydrogen) atoms. The maximum atomic E-state index is 14.6. The fourth-order valence-corrected chi connectivity index (χ4v) is 11.3. The summed E-state index contributed by atoms with van der Waals surface area (Å²) >= 11 is 0. The van der Waals surface area contributed by atoms with Crippen molar-refractivity contribution in [3.8, 4) is 0 Å². The van der Waals surface area contributed by atoms with Crippen molar-refractivity contribution in [2.45, 2.75) is 131 Å². The fraction of sp³-hybridized carbons (Fsp3) is 0.556. The molecule has 2 heterocycles. The van der Waals surface area contributed by atoms with Crippen LogP contribution in [0.5, 0.6) is 0 Å². The molecule has 5 rings (SSSR count). The van der Waals surface area contributed by atoms with Gasteiger partial charge in [0.25, 0.3) is 0 Å². The van der Waals surface area contributed by atoms with Crippen LogP contribution in [-0.2, 0) is 41.6 Å². The van der Waals surface area contributed by atoms with Crippen molar-refractivity contribution >= 4 is 67.9 Å². The number of amides is 6. The molecule has 2 unspecified atom stereocenters. The van der Waals surface area contributed by atoms with Gasteiger partial charge in [-0.2, -0.15) is 0 Å². The van der Waals surface area contributed by atoms with E-state index in [-0.39, 0.29) is 37.3 Å². The number of hydrogen-bond acceptors (Lipinski definition) is 12. The Hall–Kier alpha value is -4.66. The molecule has 1 spiro atoms. The molecule has 12 N–H and O–H groups in total. The predicted molar refractivity (Wildman–Crippen MR) is 248 cm³/mol. The molecule has 1 saturated carbocycles. The molecule has 6 atom stereocenters. The van der Waals surface area contributed by atoms with Crippen molar-refractivity contribution in [2.75, 3.05) is 25.5 Å². The van der Waals surface area contributed by atoms with Crippen LogP contribution < -0.4 is 37.6 Å². The van der Waals surface area contributed by atoms with Crippen LogP contribution in [0, 0.1) is 0 Å². The summed E-state index contributed by atoms with van der Waals surface area (Å²) in [4.78, 5) is 88.5. The number of carbonyl (C=O) groups excluding carboxylic acids is 6. The van der Waals surface area contributed by atoms with Gasteiger partial charge in [-0.3, -0.25) is 28.8 Å². The van der Waals surface area contributed by atoms with Gasteiger partial charge < -0.3 is 57.9 Å². The molecule has 6 amide bonds. The van der Waals surface area contributed by atoms with Crippen molar-refractivity contribution in [1.29, 1.82) is 0 Å². The SMILES string of the molecule is C[C@@H](O)[C@@H]1NC(=O)C(CCCCN)NC(=O)C(Cc2c[nH]c3ccccc23)NC(=O)[C@H](Cc2ccccc2)NC(=O)CC2(CCCCC2)SSC[C@@H](C(=O)NC(C)(CO)CO)NC1=O. The summed E-state index contributed by atoms with van der Waals surface area (Å²) in [7, 11) is 2.68. The zero-order chi connectivity index (χ0) is 46.3. The smallest absolute Gasteiger partial charge is 0.245 e. The molecular weight excluding hydrogens is 861 g/mol. The van der Waals surface area contributed by atoms with Gasteiger partial charge in [-0.25, -0.2) is 0 Å². The summed E-state index contributed by atoms with van der Waals surface area (Å²) in [6, 6.07) is 10.2. The number of hydrogen-bond donors (Lipinski definition) is 11. The second-order valence-electron chi connectivity index (χ2n) is 17.2. The first-order valence-corrected chi connectivity index (χ1v) is 24.3. The number of nitrogens with two attached hydrogens (primary N) is 1. The van der Waals surface area contributed by atoms with Crippen LogP contribution in [0.4, 0.5) is 0 Å². The molecule has 350 valence electrons. The van der Waals surface area contributed by atoms with Crippen molar-refractivity contribution in [2.24, 2.45) is 5.73 Å². The van der Waals surface area contributed by atoms with Crippen LogP contribution >= 0.6 is 21.6 Å². The topological polar surface area (TPSA) is 277 Å².